The number of carbonyl (C=O) groups excluding carboxylic acids is 1. The van der Waals surface area contributed by atoms with Gasteiger partial charge in [-0.3, -0.25) is 4.79 Å². The number of amides is 1. The molecule has 5 heteroatoms. The summed E-state index contributed by atoms with van der Waals surface area (Å²) in [5.41, 5.74) is 2.05. The molecule has 1 aromatic heterocycles. The lowest BCUT2D eigenvalue weighted by atomic mass is 10.0. The lowest BCUT2D eigenvalue weighted by Crippen LogP contribution is -2.31. The highest BCUT2D eigenvalue weighted by molar-refractivity contribution is 5.77. The summed E-state index contributed by atoms with van der Waals surface area (Å²) in [6.07, 6.45) is 4.65. The minimum atomic E-state index is -0.277. The number of carbonyl (C=O) groups is 1. The molecule has 1 heterocycles. The van der Waals surface area contributed by atoms with Crippen LogP contribution in [0.25, 0.3) is 0 Å². The standard InChI is InChI=1S/C22H25N3O2/c1-3-27-19-12-8-7-9-17(19)13-14-20(26)24-21(18-10-5-4-6-11-18)22-23-15-16-25(22)2/h4-12,15-16,21H,3,13-14H2,1-2H3,(H,24,26). The van der Waals surface area contributed by atoms with Crippen LogP contribution in [0.2, 0.25) is 0 Å². The number of benzene rings is 2. The van der Waals surface area contributed by atoms with Crippen LogP contribution >= 0.6 is 0 Å². The third kappa shape index (κ3) is 4.76. The van der Waals surface area contributed by atoms with Crippen molar-refractivity contribution in [3.63, 3.8) is 0 Å². The molecule has 0 saturated carbocycles. The number of hydrogen-bond acceptors (Lipinski definition) is 3. The van der Waals surface area contributed by atoms with Crippen LogP contribution in [-0.4, -0.2) is 22.1 Å². The van der Waals surface area contributed by atoms with Gasteiger partial charge in [-0.2, -0.15) is 0 Å². The van der Waals surface area contributed by atoms with E-state index in [-0.39, 0.29) is 11.9 Å². The van der Waals surface area contributed by atoms with E-state index in [1.54, 1.807) is 6.20 Å². The second-order valence-electron chi connectivity index (χ2n) is 6.35. The Balaban J connectivity index is 1.71. The first-order valence-corrected chi connectivity index (χ1v) is 9.21. The average Bonchev–Trinajstić information content (AvgIpc) is 3.12. The topological polar surface area (TPSA) is 56.1 Å². The number of imidazole rings is 1. The van der Waals surface area contributed by atoms with Crippen molar-refractivity contribution >= 4 is 5.91 Å². The van der Waals surface area contributed by atoms with E-state index in [1.165, 1.54) is 0 Å². The van der Waals surface area contributed by atoms with E-state index in [2.05, 4.69) is 10.3 Å². The Morgan fingerprint density at radius 2 is 1.89 bits per heavy atom. The van der Waals surface area contributed by atoms with E-state index in [1.807, 2.05) is 79.3 Å². The molecule has 0 fully saturated rings. The van der Waals surface area contributed by atoms with Gasteiger partial charge in [-0.25, -0.2) is 4.98 Å². The fraction of sp³-hybridized carbons (Fsp3) is 0.273. The van der Waals surface area contributed by atoms with Crippen molar-refractivity contribution in [1.29, 1.82) is 0 Å². The lowest BCUT2D eigenvalue weighted by molar-refractivity contribution is -0.121. The Bertz CT molecular complexity index is 874. The molecule has 0 spiro atoms. The van der Waals surface area contributed by atoms with Gasteiger partial charge in [0.2, 0.25) is 5.91 Å². The molecule has 140 valence electrons. The molecule has 3 rings (SSSR count). The van der Waals surface area contributed by atoms with Gasteiger partial charge in [0.15, 0.2) is 0 Å². The fourth-order valence-corrected chi connectivity index (χ4v) is 3.09. The predicted molar refractivity (Wildman–Crippen MR) is 106 cm³/mol. The van der Waals surface area contributed by atoms with Crippen LogP contribution in [0.5, 0.6) is 5.75 Å². The lowest BCUT2D eigenvalue weighted by Gasteiger charge is -2.19. The van der Waals surface area contributed by atoms with Gasteiger partial charge in [0.05, 0.1) is 6.61 Å². The first-order chi connectivity index (χ1) is 13.2. The summed E-state index contributed by atoms with van der Waals surface area (Å²) in [4.78, 5) is 17.1. The molecular weight excluding hydrogens is 338 g/mol. The van der Waals surface area contributed by atoms with Gasteiger partial charge in [-0.1, -0.05) is 48.5 Å². The van der Waals surface area contributed by atoms with Gasteiger partial charge in [-0.05, 0) is 30.5 Å². The maximum absolute atomic E-state index is 12.7. The molecule has 3 aromatic rings. The monoisotopic (exact) mass is 363 g/mol. The molecule has 0 saturated heterocycles. The van der Waals surface area contributed by atoms with E-state index in [9.17, 15) is 4.79 Å². The molecule has 1 N–H and O–H groups in total. The van der Waals surface area contributed by atoms with Crippen molar-refractivity contribution in [3.05, 3.63) is 83.9 Å². The van der Waals surface area contributed by atoms with Crippen LogP contribution in [0.4, 0.5) is 0 Å². The van der Waals surface area contributed by atoms with Crippen molar-refractivity contribution < 1.29 is 9.53 Å². The SMILES string of the molecule is CCOc1ccccc1CCC(=O)NC(c1ccccc1)c1nccn1C. The van der Waals surface area contributed by atoms with Crippen molar-refractivity contribution in [1.82, 2.24) is 14.9 Å². The van der Waals surface area contributed by atoms with Crippen molar-refractivity contribution in [3.8, 4) is 5.75 Å². The zero-order valence-electron chi connectivity index (χ0n) is 15.8. The first-order valence-electron chi connectivity index (χ1n) is 9.21. The molecule has 0 radical (unpaired) electrons. The van der Waals surface area contributed by atoms with Gasteiger partial charge in [0.25, 0.3) is 0 Å². The van der Waals surface area contributed by atoms with Gasteiger partial charge < -0.3 is 14.6 Å². The predicted octanol–water partition coefficient (Wildman–Crippen LogP) is 3.66. The molecule has 27 heavy (non-hydrogen) atoms. The Labute approximate surface area is 160 Å². The number of nitrogens with zero attached hydrogens (tertiary/aromatic N) is 2. The highest BCUT2D eigenvalue weighted by Crippen LogP contribution is 2.22. The zero-order valence-corrected chi connectivity index (χ0v) is 15.8. The number of hydrogen-bond donors (Lipinski definition) is 1. The highest BCUT2D eigenvalue weighted by Gasteiger charge is 2.20. The van der Waals surface area contributed by atoms with E-state index < -0.39 is 0 Å². The molecule has 1 amide bonds. The zero-order chi connectivity index (χ0) is 19.1. The number of ether oxygens (including phenoxy) is 1. The van der Waals surface area contributed by atoms with E-state index in [4.69, 9.17) is 4.74 Å². The normalized spacial score (nSPS) is 11.8. The Hall–Kier alpha value is -3.08. The van der Waals surface area contributed by atoms with Crippen LogP contribution in [0, 0.1) is 0 Å². The van der Waals surface area contributed by atoms with Crippen molar-refractivity contribution in [2.45, 2.75) is 25.8 Å². The number of aromatic nitrogens is 2. The maximum atomic E-state index is 12.7. The fourth-order valence-electron chi connectivity index (χ4n) is 3.09. The second kappa shape index (κ2) is 9.03. The number of nitrogens with one attached hydrogen (secondary N) is 1. The first kappa shape index (κ1) is 18.7. The van der Waals surface area contributed by atoms with E-state index in [0.29, 0.717) is 19.4 Å². The quantitative estimate of drug-likeness (QED) is 0.664. The summed E-state index contributed by atoms with van der Waals surface area (Å²) in [7, 11) is 1.93. The van der Waals surface area contributed by atoms with Crippen LogP contribution in [0.1, 0.15) is 36.3 Å². The maximum Gasteiger partial charge on any atom is 0.221 e. The Kier molecular flexibility index (Phi) is 6.26. The third-order valence-corrected chi connectivity index (χ3v) is 4.45. The van der Waals surface area contributed by atoms with E-state index >= 15 is 0 Å². The summed E-state index contributed by atoms with van der Waals surface area (Å²) in [5.74, 6) is 1.64. The largest absolute Gasteiger partial charge is 0.494 e. The smallest absolute Gasteiger partial charge is 0.221 e. The van der Waals surface area contributed by atoms with Crippen LogP contribution in [0.15, 0.2) is 67.0 Å². The molecule has 0 aliphatic heterocycles. The summed E-state index contributed by atoms with van der Waals surface area (Å²) in [5, 5.41) is 3.14. The van der Waals surface area contributed by atoms with Crippen LogP contribution in [-0.2, 0) is 18.3 Å². The second-order valence-corrected chi connectivity index (χ2v) is 6.35. The molecular formula is C22H25N3O2. The Morgan fingerprint density at radius 3 is 2.59 bits per heavy atom. The van der Waals surface area contributed by atoms with Gasteiger partial charge in [-0.15, -0.1) is 0 Å². The van der Waals surface area contributed by atoms with Crippen molar-refractivity contribution in [2.75, 3.05) is 6.61 Å². The third-order valence-electron chi connectivity index (χ3n) is 4.45. The van der Waals surface area contributed by atoms with Gasteiger partial charge >= 0.3 is 0 Å². The minimum absolute atomic E-state index is 0.0156. The highest BCUT2D eigenvalue weighted by atomic mass is 16.5. The molecule has 1 atom stereocenters. The summed E-state index contributed by atoms with van der Waals surface area (Å²) < 4.78 is 7.58. The van der Waals surface area contributed by atoms with Crippen LogP contribution in [0.3, 0.4) is 0 Å². The minimum Gasteiger partial charge on any atom is -0.494 e. The van der Waals surface area contributed by atoms with E-state index in [0.717, 1.165) is 22.7 Å². The van der Waals surface area contributed by atoms with Gasteiger partial charge in [0.1, 0.15) is 17.6 Å². The molecule has 0 aliphatic carbocycles. The number of para-hydroxylation sites is 1. The molecule has 0 aliphatic rings. The molecule has 2 aromatic carbocycles. The van der Waals surface area contributed by atoms with Crippen LogP contribution < -0.4 is 10.1 Å². The molecule has 5 nitrogen and oxygen atoms in total. The average molecular weight is 363 g/mol. The summed E-state index contributed by atoms with van der Waals surface area (Å²) in [6.45, 7) is 2.57. The number of aryl methyl sites for hydroxylation is 2. The molecule has 1 unspecified atom stereocenters. The van der Waals surface area contributed by atoms with Crippen molar-refractivity contribution in [2.24, 2.45) is 7.05 Å². The summed E-state index contributed by atoms with van der Waals surface area (Å²) >= 11 is 0. The Morgan fingerprint density at radius 1 is 1.15 bits per heavy atom. The summed E-state index contributed by atoms with van der Waals surface area (Å²) in [6, 6.07) is 17.5. The molecule has 0 bridgehead atoms. The number of rotatable bonds is 8. The van der Waals surface area contributed by atoms with Gasteiger partial charge in [0, 0.05) is 25.9 Å².